The van der Waals surface area contributed by atoms with Gasteiger partial charge in [0.25, 0.3) is 0 Å². The van der Waals surface area contributed by atoms with Gasteiger partial charge in [0.1, 0.15) is 0 Å². The van der Waals surface area contributed by atoms with Gasteiger partial charge in [-0.05, 0) is 37.5 Å². The second-order valence-corrected chi connectivity index (χ2v) is 5.70. The molecule has 0 heterocycles. The summed E-state index contributed by atoms with van der Waals surface area (Å²) in [6.07, 6.45) is 13.4. The van der Waals surface area contributed by atoms with Crippen LogP contribution in [0.1, 0.15) is 57.8 Å². The van der Waals surface area contributed by atoms with E-state index < -0.39 is 0 Å². The Morgan fingerprint density at radius 1 is 0.786 bits per heavy atom. The highest BCUT2D eigenvalue weighted by Crippen LogP contribution is 2.49. The van der Waals surface area contributed by atoms with E-state index in [9.17, 15) is 0 Å². The van der Waals surface area contributed by atoms with Gasteiger partial charge in [-0.1, -0.05) is 32.1 Å². The van der Waals surface area contributed by atoms with E-state index in [4.69, 9.17) is 0 Å². The van der Waals surface area contributed by atoms with Crippen molar-refractivity contribution in [1.29, 1.82) is 0 Å². The van der Waals surface area contributed by atoms with Crippen LogP contribution in [0.5, 0.6) is 0 Å². The number of hydrogen-bond donors (Lipinski definition) is 1. The minimum atomic E-state index is 0.882. The first-order chi connectivity index (χ1) is 6.93. The average molecular weight is 193 g/mol. The summed E-state index contributed by atoms with van der Waals surface area (Å²) in [4.78, 5) is 0. The summed E-state index contributed by atoms with van der Waals surface area (Å²) < 4.78 is 0. The van der Waals surface area contributed by atoms with Gasteiger partial charge in [-0.2, -0.15) is 0 Å². The molecule has 80 valence electrons. The van der Waals surface area contributed by atoms with E-state index in [-0.39, 0.29) is 0 Å². The zero-order chi connectivity index (χ0) is 9.38. The normalized spacial score (nSPS) is 43.3. The van der Waals surface area contributed by atoms with Crippen molar-refractivity contribution in [3.05, 3.63) is 0 Å². The monoisotopic (exact) mass is 193 g/mol. The van der Waals surface area contributed by atoms with Crippen molar-refractivity contribution in [3.8, 4) is 0 Å². The van der Waals surface area contributed by atoms with Gasteiger partial charge in [0.05, 0.1) is 0 Å². The Hall–Kier alpha value is -0.0400. The molecule has 1 heteroatoms. The summed E-state index contributed by atoms with van der Waals surface area (Å²) in [5.74, 6) is 2.22. The third kappa shape index (κ3) is 1.84. The molecule has 0 aromatic rings. The fourth-order valence-electron chi connectivity index (χ4n) is 3.69. The van der Waals surface area contributed by atoms with E-state index in [1.807, 2.05) is 0 Å². The Kier molecular flexibility index (Phi) is 2.53. The smallest absolute Gasteiger partial charge is 0.0101 e. The molecule has 3 atom stereocenters. The third-order valence-corrected chi connectivity index (χ3v) is 4.64. The lowest BCUT2D eigenvalue weighted by molar-refractivity contribution is 0.279. The van der Waals surface area contributed by atoms with E-state index in [0.717, 1.165) is 23.9 Å². The molecular formula is C13H23N. The SMILES string of the molecule is C1CCC(NC2CCC[C@H]3C[C@@H]23)CC1. The standard InChI is InChI=1S/C13H23N/c1-2-6-11(7-3-1)14-13-8-4-5-10-9-12(10)13/h10-14H,1-9H2/t10-,12+,13?/m0/s1. The van der Waals surface area contributed by atoms with Crippen molar-refractivity contribution < 1.29 is 0 Å². The molecule has 14 heavy (non-hydrogen) atoms. The molecule has 0 spiro atoms. The minimum Gasteiger partial charge on any atom is -0.311 e. The van der Waals surface area contributed by atoms with Gasteiger partial charge < -0.3 is 5.32 Å². The van der Waals surface area contributed by atoms with E-state index in [1.165, 1.54) is 51.4 Å². The predicted octanol–water partition coefficient (Wildman–Crippen LogP) is 3.10. The maximum absolute atomic E-state index is 3.95. The molecule has 3 rings (SSSR count). The molecule has 1 unspecified atom stereocenters. The lowest BCUT2D eigenvalue weighted by Gasteiger charge is -2.30. The second-order valence-electron chi connectivity index (χ2n) is 5.70. The zero-order valence-corrected chi connectivity index (χ0v) is 9.17. The van der Waals surface area contributed by atoms with E-state index in [2.05, 4.69) is 5.32 Å². The molecule has 0 aliphatic heterocycles. The van der Waals surface area contributed by atoms with Crippen LogP contribution in [-0.4, -0.2) is 12.1 Å². The predicted molar refractivity (Wildman–Crippen MR) is 59.2 cm³/mol. The van der Waals surface area contributed by atoms with E-state index in [1.54, 1.807) is 6.42 Å². The topological polar surface area (TPSA) is 12.0 Å². The molecule has 3 saturated carbocycles. The van der Waals surface area contributed by atoms with Crippen molar-refractivity contribution in [1.82, 2.24) is 5.32 Å². The summed E-state index contributed by atoms with van der Waals surface area (Å²) in [6, 6.07) is 1.80. The van der Waals surface area contributed by atoms with Crippen LogP contribution in [0.2, 0.25) is 0 Å². The van der Waals surface area contributed by atoms with Crippen molar-refractivity contribution in [2.45, 2.75) is 69.9 Å². The fraction of sp³-hybridized carbons (Fsp3) is 1.00. The summed E-state index contributed by atoms with van der Waals surface area (Å²) in [5, 5.41) is 3.95. The molecule has 0 aromatic carbocycles. The van der Waals surface area contributed by atoms with Crippen molar-refractivity contribution >= 4 is 0 Å². The van der Waals surface area contributed by atoms with E-state index >= 15 is 0 Å². The first-order valence-corrected chi connectivity index (χ1v) is 6.69. The first kappa shape index (κ1) is 9.21. The van der Waals surface area contributed by atoms with Crippen LogP contribution in [0.15, 0.2) is 0 Å². The lowest BCUT2D eigenvalue weighted by atomic mass is 9.91. The molecule has 0 aromatic heterocycles. The van der Waals surface area contributed by atoms with Crippen LogP contribution in [0, 0.1) is 11.8 Å². The molecule has 3 aliphatic rings. The maximum Gasteiger partial charge on any atom is 0.0101 e. The van der Waals surface area contributed by atoms with Gasteiger partial charge in [-0.3, -0.25) is 0 Å². The summed E-state index contributed by atoms with van der Waals surface area (Å²) in [6.45, 7) is 0. The van der Waals surface area contributed by atoms with Gasteiger partial charge in [-0.15, -0.1) is 0 Å². The van der Waals surface area contributed by atoms with Crippen LogP contribution in [0.25, 0.3) is 0 Å². The Labute approximate surface area is 87.7 Å². The molecule has 0 amide bonds. The van der Waals surface area contributed by atoms with Gasteiger partial charge in [-0.25, -0.2) is 0 Å². The molecule has 3 fully saturated rings. The van der Waals surface area contributed by atoms with Crippen LogP contribution in [-0.2, 0) is 0 Å². The number of nitrogens with one attached hydrogen (secondary N) is 1. The van der Waals surface area contributed by atoms with Crippen LogP contribution in [0.4, 0.5) is 0 Å². The number of rotatable bonds is 2. The fourth-order valence-corrected chi connectivity index (χ4v) is 3.69. The van der Waals surface area contributed by atoms with Crippen LogP contribution >= 0.6 is 0 Å². The maximum atomic E-state index is 3.95. The number of fused-ring (bicyclic) bond motifs is 1. The van der Waals surface area contributed by atoms with E-state index in [0.29, 0.717) is 0 Å². The largest absolute Gasteiger partial charge is 0.311 e. The van der Waals surface area contributed by atoms with Crippen molar-refractivity contribution in [2.24, 2.45) is 11.8 Å². The molecule has 0 bridgehead atoms. The summed E-state index contributed by atoms with van der Waals surface area (Å²) in [7, 11) is 0. The highest BCUT2D eigenvalue weighted by Gasteiger charge is 2.45. The molecule has 1 nitrogen and oxygen atoms in total. The summed E-state index contributed by atoms with van der Waals surface area (Å²) in [5.41, 5.74) is 0. The van der Waals surface area contributed by atoms with Crippen molar-refractivity contribution in [2.75, 3.05) is 0 Å². The Morgan fingerprint density at radius 3 is 2.50 bits per heavy atom. The van der Waals surface area contributed by atoms with Crippen LogP contribution < -0.4 is 5.32 Å². The molecule has 0 radical (unpaired) electrons. The highest BCUT2D eigenvalue weighted by molar-refractivity contribution is 4.99. The molecular weight excluding hydrogens is 170 g/mol. The zero-order valence-electron chi connectivity index (χ0n) is 9.17. The Bertz CT molecular complexity index is 195. The average Bonchev–Trinajstić information content (AvgIpc) is 2.99. The molecule has 1 N–H and O–H groups in total. The quantitative estimate of drug-likeness (QED) is 0.710. The van der Waals surface area contributed by atoms with Gasteiger partial charge in [0.2, 0.25) is 0 Å². The van der Waals surface area contributed by atoms with Gasteiger partial charge >= 0.3 is 0 Å². The highest BCUT2D eigenvalue weighted by atomic mass is 15.0. The van der Waals surface area contributed by atoms with Crippen LogP contribution in [0.3, 0.4) is 0 Å². The molecule has 0 saturated heterocycles. The number of hydrogen-bond acceptors (Lipinski definition) is 1. The van der Waals surface area contributed by atoms with Gasteiger partial charge in [0.15, 0.2) is 0 Å². The third-order valence-electron chi connectivity index (χ3n) is 4.64. The van der Waals surface area contributed by atoms with Gasteiger partial charge in [0, 0.05) is 12.1 Å². The Morgan fingerprint density at radius 2 is 1.64 bits per heavy atom. The second kappa shape index (κ2) is 3.84. The summed E-state index contributed by atoms with van der Waals surface area (Å²) >= 11 is 0. The minimum absolute atomic E-state index is 0.882. The first-order valence-electron chi connectivity index (χ1n) is 6.69. The Balaban J connectivity index is 1.50. The molecule has 3 aliphatic carbocycles. The van der Waals surface area contributed by atoms with Crippen molar-refractivity contribution in [3.63, 3.8) is 0 Å². The lowest BCUT2D eigenvalue weighted by Crippen LogP contribution is -2.42.